The fraction of sp³-hybridized carbons (Fsp3) is 0.467. The van der Waals surface area contributed by atoms with Crippen molar-refractivity contribution in [2.75, 3.05) is 12.3 Å². The van der Waals surface area contributed by atoms with Crippen LogP contribution in [0.1, 0.15) is 25.8 Å². The number of carbonyl (C=O) groups is 2. The molecule has 0 fully saturated rings. The SMILES string of the molecule is CCS(=O)(=O)c1ccc(CC(=O)NCC(C)CC(=O)O)cc1. The van der Waals surface area contributed by atoms with Crippen molar-refractivity contribution in [1.82, 2.24) is 5.32 Å². The molecule has 1 atom stereocenters. The van der Waals surface area contributed by atoms with Gasteiger partial charge in [-0.2, -0.15) is 0 Å². The fourth-order valence-corrected chi connectivity index (χ4v) is 2.77. The van der Waals surface area contributed by atoms with Crippen LogP contribution >= 0.6 is 0 Å². The lowest BCUT2D eigenvalue weighted by Gasteiger charge is -2.10. The van der Waals surface area contributed by atoms with Crippen molar-refractivity contribution in [3.8, 4) is 0 Å². The van der Waals surface area contributed by atoms with Gasteiger partial charge in [-0.25, -0.2) is 8.42 Å². The van der Waals surface area contributed by atoms with E-state index in [1.165, 1.54) is 12.1 Å². The first-order chi connectivity index (χ1) is 10.2. The zero-order valence-corrected chi connectivity index (χ0v) is 13.5. The second-order valence-corrected chi connectivity index (χ2v) is 7.51. The van der Waals surface area contributed by atoms with Gasteiger partial charge >= 0.3 is 5.97 Å². The average molecular weight is 327 g/mol. The average Bonchev–Trinajstić information content (AvgIpc) is 2.45. The second-order valence-electron chi connectivity index (χ2n) is 5.23. The summed E-state index contributed by atoms with van der Waals surface area (Å²) < 4.78 is 23.3. The van der Waals surface area contributed by atoms with Crippen molar-refractivity contribution >= 4 is 21.7 Å². The number of carbonyl (C=O) groups excluding carboxylic acids is 1. The smallest absolute Gasteiger partial charge is 0.303 e. The Kier molecular flexibility index (Phi) is 6.55. The third-order valence-electron chi connectivity index (χ3n) is 3.20. The molecule has 0 bridgehead atoms. The van der Waals surface area contributed by atoms with Crippen LogP contribution in [0.15, 0.2) is 29.2 Å². The van der Waals surface area contributed by atoms with E-state index in [-0.39, 0.29) is 35.3 Å². The van der Waals surface area contributed by atoms with Crippen LogP contribution in [0.2, 0.25) is 0 Å². The Bertz CT molecular complexity index is 622. The maximum atomic E-state index is 11.8. The standard InChI is InChI=1S/C15H21NO5S/c1-3-22(20,21)13-6-4-12(5-7-13)9-14(17)16-10-11(2)8-15(18)19/h4-7,11H,3,8-10H2,1-2H3,(H,16,17)(H,18,19). The Hall–Kier alpha value is -1.89. The largest absolute Gasteiger partial charge is 0.481 e. The van der Waals surface area contributed by atoms with E-state index in [1.54, 1.807) is 26.0 Å². The summed E-state index contributed by atoms with van der Waals surface area (Å²) in [5.74, 6) is -1.22. The molecule has 1 aromatic carbocycles. The molecule has 0 spiro atoms. The second kappa shape index (κ2) is 7.93. The molecule has 0 aliphatic heterocycles. The minimum atomic E-state index is -3.23. The Morgan fingerprint density at radius 1 is 1.23 bits per heavy atom. The number of carboxylic acid groups (broad SMARTS) is 1. The van der Waals surface area contributed by atoms with Crippen LogP contribution < -0.4 is 5.32 Å². The van der Waals surface area contributed by atoms with Gasteiger partial charge in [0, 0.05) is 13.0 Å². The molecule has 1 amide bonds. The molecular formula is C15H21NO5S. The monoisotopic (exact) mass is 327 g/mol. The molecule has 1 unspecified atom stereocenters. The van der Waals surface area contributed by atoms with Crippen LogP contribution in [0.25, 0.3) is 0 Å². The number of rotatable bonds is 8. The van der Waals surface area contributed by atoms with E-state index in [2.05, 4.69) is 5.32 Å². The van der Waals surface area contributed by atoms with Crippen LogP contribution in [0, 0.1) is 5.92 Å². The molecular weight excluding hydrogens is 306 g/mol. The predicted molar refractivity (Wildman–Crippen MR) is 82.3 cm³/mol. The maximum absolute atomic E-state index is 11.8. The summed E-state index contributed by atoms with van der Waals surface area (Å²) in [6.45, 7) is 3.63. The Morgan fingerprint density at radius 2 is 1.82 bits per heavy atom. The third-order valence-corrected chi connectivity index (χ3v) is 4.95. The first-order valence-corrected chi connectivity index (χ1v) is 8.70. The highest BCUT2D eigenvalue weighted by Gasteiger charge is 2.12. The number of hydrogen-bond donors (Lipinski definition) is 2. The van der Waals surface area contributed by atoms with Gasteiger partial charge in [0.15, 0.2) is 9.84 Å². The molecule has 0 saturated carbocycles. The summed E-state index contributed by atoms with van der Waals surface area (Å²) >= 11 is 0. The molecule has 22 heavy (non-hydrogen) atoms. The van der Waals surface area contributed by atoms with Gasteiger partial charge in [-0.15, -0.1) is 0 Å². The van der Waals surface area contributed by atoms with Crippen LogP contribution in [0.3, 0.4) is 0 Å². The lowest BCUT2D eigenvalue weighted by Crippen LogP contribution is -2.30. The van der Waals surface area contributed by atoms with Gasteiger partial charge in [0.1, 0.15) is 0 Å². The number of sulfone groups is 1. The van der Waals surface area contributed by atoms with E-state index in [9.17, 15) is 18.0 Å². The Labute approximate surface area is 130 Å². The minimum absolute atomic E-state index is 0.00382. The molecule has 0 heterocycles. The van der Waals surface area contributed by atoms with Crippen LogP contribution in [0.5, 0.6) is 0 Å². The number of nitrogens with one attached hydrogen (secondary N) is 1. The molecule has 1 aromatic rings. The Morgan fingerprint density at radius 3 is 2.32 bits per heavy atom. The lowest BCUT2D eigenvalue weighted by molar-refractivity contribution is -0.138. The number of amides is 1. The number of aliphatic carboxylic acids is 1. The normalized spacial score (nSPS) is 12.6. The highest BCUT2D eigenvalue weighted by Crippen LogP contribution is 2.12. The molecule has 0 radical (unpaired) electrons. The molecule has 122 valence electrons. The van der Waals surface area contributed by atoms with Gasteiger partial charge < -0.3 is 10.4 Å². The molecule has 0 aliphatic rings. The summed E-state index contributed by atoms with van der Waals surface area (Å²) in [5, 5.41) is 11.3. The molecule has 1 rings (SSSR count). The molecule has 6 nitrogen and oxygen atoms in total. The Balaban J connectivity index is 2.53. The van der Waals surface area contributed by atoms with Crippen molar-refractivity contribution in [1.29, 1.82) is 0 Å². The molecule has 7 heteroatoms. The zero-order chi connectivity index (χ0) is 16.8. The van der Waals surface area contributed by atoms with Gasteiger partial charge in [0.2, 0.25) is 5.91 Å². The van der Waals surface area contributed by atoms with Crippen molar-refractivity contribution < 1.29 is 23.1 Å². The molecule has 0 saturated heterocycles. The topological polar surface area (TPSA) is 101 Å². The van der Waals surface area contributed by atoms with Crippen LogP contribution in [-0.2, 0) is 25.8 Å². The van der Waals surface area contributed by atoms with Crippen molar-refractivity contribution in [2.24, 2.45) is 5.92 Å². The van der Waals surface area contributed by atoms with Crippen LogP contribution in [0.4, 0.5) is 0 Å². The first kappa shape index (κ1) is 18.2. The predicted octanol–water partition coefficient (Wildman–Crippen LogP) is 1.25. The summed E-state index contributed by atoms with van der Waals surface area (Å²) in [6.07, 6.45) is 0.135. The summed E-state index contributed by atoms with van der Waals surface area (Å²) in [5.41, 5.74) is 0.707. The fourth-order valence-electron chi connectivity index (χ4n) is 1.89. The van der Waals surface area contributed by atoms with Gasteiger partial charge in [-0.3, -0.25) is 9.59 Å². The number of benzene rings is 1. The highest BCUT2D eigenvalue weighted by atomic mass is 32.2. The van der Waals surface area contributed by atoms with E-state index in [0.29, 0.717) is 12.1 Å². The van der Waals surface area contributed by atoms with E-state index in [0.717, 1.165) is 0 Å². The highest BCUT2D eigenvalue weighted by molar-refractivity contribution is 7.91. The van der Waals surface area contributed by atoms with Gasteiger partial charge in [-0.1, -0.05) is 26.0 Å². The van der Waals surface area contributed by atoms with E-state index in [4.69, 9.17) is 5.11 Å². The van der Waals surface area contributed by atoms with E-state index < -0.39 is 15.8 Å². The summed E-state index contributed by atoms with van der Waals surface area (Å²) in [6, 6.07) is 6.22. The van der Waals surface area contributed by atoms with Gasteiger partial charge in [0.25, 0.3) is 0 Å². The molecule has 0 aliphatic carbocycles. The summed E-state index contributed by atoms with van der Waals surface area (Å²) in [7, 11) is -3.23. The van der Waals surface area contributed by atoms with Gasteiger partial charge in [-0.05, 0) is 23.6 Å². The number of hydrogen-bond acceptors (Lipinski definition) is 4. The van der Waals surface area contributed by atoms with Crippen molar-refractivity contribution in [2.45, 2.75) is 31.6 Å². The lowest BCUT2D eigenvalue weighted by atomic mass is 10.1. The molecule has 2 N–H and O–H groups in total. The minimum Gasteiger partial charge on any atom is -0.481 e. The van der Waals surface area contributed by atoms with E-state index in [1.807, 2.05) is 0 Å². The zero-order valence-electron chi connectivity index (χ0n) is 12.7. The first-order valence-electron chi connectivity index (χ1n) is 7.04. The van der Waals surface area contributed by atoms with E-state index >= 15 is 0 Å². The third kappa shape index (κ3) is 5.85. The molecule has 0 aromatic heterocycles. The number of carboxylic acids is 1. The summed E-state index contributed by atoms with van der Waals surface area (Å²) in [4.78, 5) is 22.5. The quantitative estimate of drug-likeness (QED) is 0.748. The van der Waals surface area contributed by atoms with Crippen molar-refractivity contribution in [3.05, 3.63) is 29.8 Å². The maximum Gasteiger partial charge on any atom is 0.303 e. The van der Waals surface area contributed by atoms with Crippen molar-refractivity contribution in [3.63, 3.8) is 0 Å². The van der Waals surface area contributed by atoms with Crippen LogP contribution in [-0.4, -0.2) is 37.7 Å². The van der Waals surface area contributed by atoms with Gasteiger partial charge in [0.05, 0.1) is 17.1 Å².